The van der Waals surface area contributed by atoms with Crippen LogP contribution in [0.2, 0.25) is 0 Å². The molecule has 5 nitrogen and oxygen atoms in total. The molecule has 0 aromatic rings. The van der Waals surface area contributed by atoms with Crippen molar-refractivity contribution >= 4 is 11.9 Å². The van der Waals surface area contributed by atoms with Crippen molar-refractivity contribution in [2.24, 2.45) is 0 Å². The van der Waals surface area contributed by atoms with Gasteiger partial charge in [0.2, 0.25) is 5.91 Å². The number of amides is 1. The number of carbonyl (C=O) groups is 2. The molecule has 1 amide bonds. The highest BCUT2D eigenvalue weighted by Crippen LogP contribution is 2.28. The number of aliphatic carboxylic acids is 1. The minimum Gasteiger partial charge on any atom is -0.480 e. The lowest BCUT2D eigenvalue weighted by atomic mass is 9.81. The Labute approximate surface area is 102 Å². The highest BCUT2D eigenvalue weighted by atomic mass is 16.4. The summed E-state index contributed by atoms with van der Waals surface area (Å²) >= 11 is 0. The molecule has 0 saturated heterocycles. The van der Waals surface area contributed by atoms with E-state index in [2.05, 4.69) is 5.32 Å². The van der Waals surface area contributed by atoms with E-state index < -0.39 is 11.5 Å². The predicted molar refractivity (Wildman–Crippen MR) is 64.8 cm³/mol. The molecule has 1 fully saturated rings. The zero-order valence-electron chi connectivity index (χ0n) is 10.7. The Hall–Kier alpha value is -1.10. The molecule has 0 spiro atoms. The van der Waals surface area contributed by atoms with Crippen LogP contribution >= 0.6 is 0 Å². The summed E-state index contributed by atoms with van der Waals surface area (Å²) in [6.45, 7) is 0.434. The van der Waals surface area contributed by atoms with Crippen LogP contribution < -0.4 is 5.32 Å². The number of hydrogen-bond donors (Lipinski definition) is 2. The topological polar surface area (TPSA) is 69.6 Å². The Morgan fingerprint density at radius 1 is 1.24 bits per heavy atom. The van der Waals surface area contributed by atoms with Gasteiger partial charge in [0.25, 0.3) is 0 Å². The highest BCUT2D eigenvalue weighted by molar-refractivity contribution is 5.79. The van der Waals surface area contributed by atoms with Gasteiger partial charge in [-0.15, -0.1) is 0 Å². The Bertz CT molecular complexity index is 283. The lowest BCUT2D eigenvalue weighted by Gasteiger charge is -2.34. The van der Waals surface area contributed by atoms with Gasteiger partial charge in [-0.3, -0.25) is 9.59 Å². The normalized spacial score (nSPS) is 18.7. The van der Waals surface area contributed by atoms with Gasteiger partial charge < -0.3 is 15.3 Å². The first-order valence-electron chi connectivity index (χ1n) is 6.16. The van der Waals surface area contributed by atoms with Crippen molar-refractivity contribution in [1.82, 2.24) is 10.2 Å². The van der Waals surface area contributed by atoms with E-state index >= 15 is 0 Å². The highest BCUT2D eigenvalue weighted by Gasteiger charge is 2.38. The number of rotatable bonds is 5. The van der Waals surface area contributed by atoms with Crippen LogP contribution in [0.5, 0.6) is 0 Å². The van der Waals surface area contributed by atoms with Crippen molar-refractivity contribution < 1.29 is 14.7 Å². The Kier molecular flexibility index (Phi) is 4.93. The minimum atomic E-state index is -0.801. The van der Waals surface area contributed by atoms with E-state index in [1.165, 1.54) is 4.90 Å². The molecule has 1 rings (SSSR count). The van der Waals surface area contributed by atoms with Gasteiger partial charge in [-0.1, -0.05) is 19.3 Å². The number of carboxylic acid groups (broad SMARTS) is 1. The van der Waals surface area contributed by atoms with Crippen molar-refractivity contribution in [3.05, 3.63) is 0 Å². The molecule has 2 N–H and O–H groups in total. The van der Waals surface area contributed by atoms with Crippen molar-refractivity contribution in [2.45, 2.75) is 44.1 Å². The SMILES string of the molecule is CN(C)C(=O)CCNC1(C(=O)O)CCCCC1. The van der Waals surface area contributed by atoms with E-state index in [4.69, 9.17) is 0 Å². The van der Waals surface area contributed by atoms with E-state index in [9.17, 15) is 14.7 Å². The van der Waals surface area contributed by atoms with Gasteiger partial charge in [0.15, 0.2) is 0 Å². The zero-order chi connectivity index (χ0) is 12.9. The Morgan fingerprint density at radius 2 is 1.82 bits per heavy atom. The van der Waals surface area contributed by atoms with Crippen molar-refractivity contribution in [1.29, 1.82) is 0 Å². The van der Waals surface area contributed by atoms with E-state index in [-0.39, 0.29) is 5.91 Å². The number of carbonyl (C=O) groups excluding carboxylic acids is 1. The van der Waals surface area contributed by atoms with Crippen LogP contribution in [0, 0.1) is 0 Å². The molecule has 1 saturated carbocycles. The second kappa shape index (κ2) is 6.00. The molecule has 0 heterocycles. The maximum atomic E-state index is 11.4. The van der Waals surface area contributed by atoms with Gasteiger partial charge >= 0.3 is 5.97 Å². The third-order valence-electron chi connectivity index (χ3n) is 3.42. The summed E-state index contributed by atoms with van der Waals surface area (Å²) in [4.78, 5) is 24.2. The van der Waals surface area contributed by atoms with E-state index in [1.54, 1.807) is 14.1 Å². The number of nitrogens with zero attached hydrogens (tertiary/aromatic N) is 1. The fraction of sp³-hybridized carbons (Fsp3) is 0.833. The molecule has 0 radical (unpaired) electrons. The molecular formula is C12H22N2O3. The maximum absolute atomic E-state index is 11.4. The van der Waals surface area contributed by atoms with Crippen molar-refractivity contribution in [3.63, 3.8) is 0 Å². The van der Waals surface area contributed by atoms with Gasteiger partial charge in [-0.25, -0.2) is 0 Å². The summed E-state index contributed by atoms with van der Waals surface area (Å²) in [7, 11) is 3.41. The number of nitrogens with one attached hydrogen (secondary N) is 1. The third kappa shape index (κ3) is 3.70. The van der Waals surface area contributed by atoms with Crippen LogP contribution in [0.1, 0.15) is 38.5 Å². The standard InChI is InChI=1S/C12H22N2O3/c1-14(2)10(15)6-9-13-12(11(16)17)7-4-3-5-8-12/h13H,3-9H2,1-2H3,(H,16,17). The molecular weight excluding hydrogens is 220 g/mol. The smallest absolute Gasteiger partial charge is 0.323 e. The van der Waals surface area contributed by atoms with E-state index in [0.29, 0.717) is 25.8 Å². The molecule has 1 aliphatic carbocycles. The summed E-state index contributed by atoms with van der Waals surface area (Å²) in [5.74, 6) is -0.761. The van der Waals surface area contributed by atoms with Crippen LogP contribution in [0.4, 0.5) is 0 Å². The fourth-order valence-electron chi connectivity index (χ4n) is 2.25. The first-order valence-corrected chi connectivity index (χ1v) is 6.16. The Morgan fingerprint density at radius 3 is 2.29 bits per heavy atom. The molecule has 0 aromatic heterocycles. The predicted octanol–water partition coefficient (Wildman–Crippen LogP) is 0.842. The second-order valence-corrected chi connectivity index (χ2v) is 4.91. The average Bonchev–Trinajstić information content (AvgIpc) is 2.29. The molecule has 1 aliphatic rings. The summed E-state index contributed by atoms with van der Waals surface area (Å²) in [6, 6.07) is 0. The van der Waals surface area contributed by atoms with Crippen LogP contribution in [-0.2, 0) is 9.59 Å². The van der Waals surface area contributed by atoms with Crippen LogP contribution in [0.15, 0.2) is 0 Å². The van der Waals surface area contributed by atoms with Gasteiger partial charge in [-0.2, -0.15) is 0 Å². The molecule has 98 valence electrons. The van der Waals surface area contributed by atoms with Crippen molar-refractivity contribution in [3.8, 4) is 0 Å². The van der Waals surface area contributed by atoms with Crippen LogP contribution in [0.25, 0.3) is 0 Å². The summed E-state index contributed by atoms with van der Waals surface area (Å²) in [6.07, 6.45) is 4.67. The lowest BCUT2D eigenvalue weighted by Crippen LogP contribution is -2.54. The largest absolute Gasteiger partial charge is 0.480 e. The monoisotopic (exact) mass is 242 g/mol. The number of carboxylic acids is 1. The first-order chi connectivity index (χ1) is 7.98. The summed E-state index contributed by atoms with van der Waals surface area (Å²) < 4.78 is 0. The molecule has 0 atom stereocenters. The molecule has 0 aromatic carbocycles. The Balaban J connectivity index is 2.45. The molecule has 5 heteroatoms. The van der Waals surface area contributed by atoms with E-state index in [0.717, 1.165) is 19.3 Å². The average molecular weight is 242 g/mol. The quantitative estimate of drug-likeness (QED) is 0.749. The molecule has 0 aliphatic heterocycles. The molecule has 0 unspecified atom stereocenters. The van der Waals surface area contributed by atoms with E-state index in [1.807, 2.05) is 0 Å². The summed E-state index contributed by atoms with van der Waals surface area (Å²) in [5.41, 5.74) is -0.801. The summed E-state index contributed by atoms with van der Waals surface area (Å²) in [5, 5.41) is 12.4. The maximum Gasteiger partial charge on any atom is 0.323 e. The van der Waals surface area contributed by atoms with Gasteiger partial charge in [0, 0.05) is 27.1 Å². The van der Waals surface area contributed by atoms with Gasteiger partial charge in [0.1, 0.15) is 5.54 Å². The number of hydrogen-bond acceptors (Lipinski definition) is 3. The lowest BCUT2D eigenvalue weighted by molar-refractivity contribution is -0.146. The zero-order valence-corrected chi connectivity index (χ0v) is 10.7. The molecule has 17 heavy (non-hydrogen) atoms. The second-order valence-electron chi connectivity index (χ2n) is 4.91. The first kappa shape index (κ1) is 14.0. The van der Waals surface area contributed by atoms with Gasteiger partial charge in [-0.05, 0) is 12.8 Å². The van der Waals surface area contributed by atoms with Crippen LogP contribution in [-0.4, -0.2) is 48.1 Å². The third-order valence-corrected chi connectivity index (χ3v) is 3.42. The fourth-order valence-corrected chi connectivity index (χ4v) is 2.25. The van der Waals surface area contributed by atoms with Crippen LogP contribution in [0.3, 0.4) is 0 Å². The van der Waals surface area contributed by atoms with Gasteiger partial charge in [0.05, 0.1) is 0 Å². The van der Waals surface area contributed by atoms with Crippen molar-refractivity contribution in [2.75, 3.05) is 20.6 Å². The minimum absolute atomic E-state index is 0.0221. The molecule has 0 bridgehead atoms.